The molecule has 0 fully saturated rings. The van der Waals surface area contributed by atoms with Crippen molar-refractivity contribution in [2.45, 2.75) is 26.4 Å². The van der Waals surface area contributed by atoms with Gasteiger partial charge in [-0.25, -0.2) is 0 Å². The summed E-state index contributed by atoms with van der Waals surface area (Å²) >= 11 is 0. The fourth-order valence-corrected chi connectivity index (χ4v) is 1.24. The van der Waals surface area contributed by atoms with Gasteiger partial charge < -0.3 is 15.8 Å². The van der Waals surface area contributed by atoms with E-state index < -0.39 is 0 Å². The molecule has 0 bridgehead atoms. The van der Waals surface area contributed by atoms with E-state index in [1.165, 1.54) is 0 Å². The number of nitrogens with one attached hydrogen (secondary N) is 1. The van der Waals surface area contributed by atoms with Gasteiger partial charge in [0.15, 0.2) is 0 Å². The molecule has 0 spiro atoms. The number of carbonyl (C=O) groups is 1. The third kappa shape index (κ3) is 6.14. The highest BCUT2D eigenvalue weighted by Crippen LogP contribution is 2.16. The lowest BCUT2D eigenvalue weighted by Gasteiger charge is -2.10. The fraction of sp³-hybridized carbons (Fsp3) is 0.417. The van der Waals surface area contributed by atoms with Crippen LogP contribution in [0.5, 0.6) is 5.75 Å². The van der Waals surface area contributed by atoms with Crippen molar-refractivity contribution in [2.24, 2.45) is 5.73 Å². The minimum absolute atomic E-state index is 0. The van der Waals surface area contributed by atoms with Gasteiger partial charge in [-0.2, -0.15) is 0 Å². The molecule has 5 heteroatoms. The number of halogens is 1. The molecule has 0 aromatic heterocycles. The summed E-state index contributed by atoms with van der Waals surface area (Å²) in [6, 6.07) is 7.29. The molecule has 0 saturated heterocycles. The zero-order chi connectivity index (χ0) is 12.0. The summed E-state index contributed by atoms with van der Waals surface area (Å²) in [5.41, 5.74) is 6.04. The van der Waals surface area contributed by atoms with Crippen molar-refractivity contribution in [1.82, 2.24) is 0 Å². The Kier molecular flexibility index (Phi) is 7.34. The maximum atomic E-state index is 11.3. The second kappa shape index (κ2) is 7.92. The van der Waals surface area contributed by atoms with Gasteiger partial charge >= 0.3 is 0 Å². The van der Waals surface area contributed by atoms with Crippen LogP contribution in [-0.4, -0.2) is 18.6 Å². The van der Waals surface area contributed by atoms with Crippen molar-refractivity contribution in [1.29, 1.82) is 0 Å². The van der Waals surface area contributed by atoms with E-state index in [9.17, 15) is 4.79 Å². The highest BCUT2D eigenvalue weighted by Gasteiger charge is 2.01. The van der Waals surface area contributed by atoms with E-state index in [1.807, 2.05) is 38.1 Å². The molecule has 3 N–H and O–H groups in total. The van der Waals surface area contributed by atoms with E-state index >= 15 is 0 Å². The summed E-state index contributed by atoms with van der Waals surface area (Å²) in [6.45, 7) is 4.30. The molecule has 1 aromatic carbocycles. The summed E-state index contributed by atoms with van der Waals surface area (Å²) in [7, 11) is 0. The topological polar surface area (TPSA) is 64.3 Å². The van der Waals surface area contributed by atoms with Crippen LogP contribution in [0.15, 0.2) is 24.3 Å². The molecule has 0 aliphatic heterocycles. The molecule has 0 heterocycles. The third-order valence-corrected chi connectivity index (χ3v) is 1.88. The fourth-order valence-electron chi connectivity index (χ4n) is 1.24. The van der Waals surface area contributed by atoms with Gasteiger partial charge in [-0.05, 0) is 38.1 Å². The van der Waals surface area contributed by atoms with Crippen molar-refractivity contribution >= 4 is 24.0 Å². The number of anilines is 1. The zero-order valence-corrected chi connectivity index (χ0v) is 10.9. The normalized spacial score (nSPS) is 9.65. The van der Waals surface area contributed by atoms with Crippen LogP contribution in [0.25, 0.3) is 0 Å². The second-order valence-corrected chi connectivity index (χ2v) is 3.78. The SMILES string of the molecule is CC(C)Oc1ccc(NC(=O)CCN)cc1.Cl. The van der Waals surface area contributed by atoms with Crippen molar-refractivity contribution in [3.05, 3.63) is 24.3 Å². The molecule has 1 aromatic rings. The van der Waals surface area contributed by atoms with Crippen LogP contribution in [0.1, 0.15) is 20.3 Å². The van der Waals surface area contributed by atoms with Gasteiger partial charge in [0.1, 0.15) is 5.75 Å². The van der Waals surface area contributed by atoms with Gasteiger partial charge in [0.25, 0.3) is 0 Å². The monoisotopic (exact) mass is 258 g/mol. The highest BCUT2D eigenvalue weighted by atomic mass is 35.5. The number of hydrogen-bond acceptors (Lipinski definition) is 3. The van der Waals surface area contributed by atoms with Gasteiger partial charge in [0, 0.05) is 18.7 Å². The maximum absolute atomic E-state index is 11.3. The molecule has 1 amide bonds. The molecule has 0 unspecified atom stereocenters. The summed E-state index contributed by atoms with van der Waals surface area (Å²) < 4.78 is 5.49. The van der Waals surface area contributed by atoms with Gasteiger partial charge in [0.2, 0.25) is 5.91 Å². The highest BCUT2D eigenvalue weighted by molar-refractivity contribution is 5.90. The molecule has 0 saturated carbocycles. The lowest BCUT2D eigenvalue weighted by atomic mass is 10.3. The minimum Gasteiger partial charge on any atom is -0.491 e. The summed E-state index contributed by atoms with van der Waals surface area (Å²) in [5, 5.41) is 2.75. The molecular weight excluding hydrogens is 240 g/mol. The number of amides is 1. The van der Waals surface area contributed by atoms with E-state index in [-0.39, 0.29) is 24.4 Å². The van der Waals surface area contributed by atoms with Gasteiger partial charge in [-0.3, -0.25) is 4.79 Å². The summed E-state index contributed by atoms with van der Waals surface area (Å²) in [6.07, 6.45) is 0.488. The lowest BCUT2D eigenvalue weighted by molar-refractivity contribution is -0.116. The van der Waals surface area contributed by atoms with Crippen molar-refractivity contribution in [2.75, 3.05) is 11.9 Å². The minimum atomic E-state index is -0.0694. The largest absolute Gasteiger partial charge is 0.491 e. The van der Waals surface area contributed by atoms with Crippen LogP contribution < -0.4 is 15.8 Å². The van der Waals surface area contributed by atoms with Crippen LogP contribution in [0.4, 0.5) is 5.69 Å². The Labute approximate surface area is 108 Å². The Balaban J connectivity index is 0.00000256. The Morgan fingerprint density at radius 2 is 1.94 bits per heavy atom. The van der Waals surface area contributed by atoms with E-state index in [1.54, 1.807) is 0 Å². The summed E-state index contributed by atoms with van der Waals surface area (Å²) in [4.78, 5) is 11.3. The lowest BCUT2D eigenvalue weighted by Crippen LogP contribution is -2.16. The number of hydrogen-bond donors (Lipinski definition) is 2. The van der Waals surface area contributed by atoms with Crippen LogP contribution in [-0.2, 0) is 4.79 Å². The first-order chi connectivity index (χ1) is 7.61. The smallest absolute Gasteiger partial charge is 0.225 e. The first-order valence-electron chi connectivity index (χ1n) is 5.38. The van der Waals surface area contributed by atoms with Crippen LogP contribution in [0.2, 0.25) is 0 Å². The quantitative estimate of drug-likeness (QED) is 0.851. The Morgan fingerprint density at radius 3 is 2.41 bits per heavy atom. The molecule has 0 aliphatic rings. The molecule has 17 heavy (non-hydrogen) atoms. The molecule has 4 nitrogen and oxygen atoms in total. The maximum Gasteiger partial charge on any atom is 0.225 e. The van der Waals surface area contributed by atoms with E-state index in [2.05, 4.69) is 5.32 Å². The number of benzene rings is 1. The molecule has 0 radical (unpaired) electrons. The predicted octanol–water partition coefficient (Wildman–Crippen LogP) is 2.18. The Morgan fingerprint density at radius 1 is 1.35 bits per heavy atom. The van der Waals surface area contributed by atoms with Crippen LogP contribution >= 0.6 is 12.4 Å². The Hall–Kier alpha value is -1.26. The molecule has 0 aliphatic carbocycles. The van der Waals surface area contributed by atoms with Crippen molar-refractivity contribution in [3.8, 4) is 5.75 Å². The van der Waals surface area contributed by atoms with Gasteiger partial charge in [-0.1, -0.05) is 0 Å². The third-order valence-electron chi connectivity index (χ3n) is 1.88. The molecule has 96 valence electrons. The zero-order valence-electron chi connectivity index (χ0n) is 10.1. The van der Waals surface area contributed by atoms with Crippen molar-refractivity contribution in [3.63, 3.8) is 0 Å². The van der Waals surface area contributed by atoms with Gasteiger partial charge in [0.05, 0.1) is 6.10 Å². The van der Waals surface area contributed by atoms with Crippen LogP contribution in [0, 0.1) is 0 Å². The number of ether oxygens (including phenoxy) is 1. The number of rotatable bonds is 5. The summed E-state index contributed by atoms with van der Waals surface area (Å²) in [5.74, 6) is 0.729. The van der Waals surface area contributed by atoms with Crippen LogP contribution in [0.3, 0.4) is 0 Å². The Bertz CT molecular complexity index is 339. The van der Waals surface area contributed by atoms with E-state index in [0.29, 0.717) is 13.0 Å². The molecule has 0 atom stereocenters. The first kappa shape index (κ1) is 15.7. The standard InChI is InChI=1S/C12H18N2O2.ClH/c1-9(2)16-11-5-3-10(4-6-11)14-12(15)7-8-13;/h3-6,9H,7-8,13H2,1-2H3,(H,14,15);1H. The molecular formula is C12H19ClN2O2. The van der Waals surface area contributed by atoms with Gasteiger partial charge in [-0.15, -0.1) is 12.4 Å². The second-order valence-electron chi connectivity index (χ2n) is 3.78. The first-order valence-corrected chi connectivity index (χ1v) is 5.38. The van der Waals surface area contributed by atoms with E-state index in [0.717, 1.165) is 11.4 Å². The van der Waals surface area contributed by atoms with Crippen molar-refractivity contribution < 1.29 is 9.53 Å². The number of nitrogens with two attached hydrogens (primary N) is 1. The molecule has 1 rings (SSSR count). The predicted molar refractivity (Wildman–Crippen MR) is 71.8 cm³/mol. The number of carbonyl (C=O) groups excluding carboxylic acids is 1. The van der Waals surface area contributed by atoms with E-state index in [4.69, 9.17) is 10.5 Å². The average Bonchev–Trinajstić information content (AvgIpc) is 2.20. The average molecular weight is 259 g/mol.